The van der Waals surface area contributed by atoms with Crippen LogP contribution < -0.4 is 5.14 Å². The summed E-state index contributed by atoms with van der Waals surface area (Å²) in [6, 6.07) is 13.3. The number of esters is 2. The Balaban J connectivity index is 1.73. The minimum absolute atomic E-state index is 0.0171. The van der Waals surface area contributed by atoms with E-state index >= 15 is 0 Å². The molecular formula is C23H22N2O7S. The lowest BCUT2D eigenvalue weighted by molar-refractivity contribution is 0.0474. The molecule has 0 aliphatic carbocycles. The van der Waals surface area contributed by atoms with E-state index in [1.807, 2.05) is 0 Å². The molecule has 1 heterocycles. The van der Waals surface area contributed by atoms with Crippen LogP contribution in [0.5, 0.6) is 0 Å². The number of hydrogen-bond acceptors (Lipinski definition) is 7. The van der Waals surface area contributed by atoms with Gasteiger partial charge in [0.15, 0.2) is 6.61 Å². The van der Waals surface area contributed by atoms with Crippen molar-refractivity contribution in [3.05, 3.63) is 82.7 Å². The number of ether oxygens (including phenoxy) is 2. The molecule has 9 nitrogen and oxygen atoms in total. The van der Waals surface area contributed by atoms with Crippen LogP contribution in [-0.2, 0) is 19.5 Å². The van der Waals surface area contributed by atoms with Gasteiger partial charge in [-0.1, -0.05) is 0 Å². The summed E-state index contributed by atoms with van der Waals surface area (Å²) in [5, 5.41) is 5.13. The van der Waals surface area contributed by atoms with Crippen molar-refractivity contribution < 1.29 is 32.3 Å². The largest absolute Gasteiger partial charge is 0.465 e. The Bertz CT molecular complexity index is 1320. The number of Topliss-reactive ketones (excluding diaryl/α,β-unsaturated/α-hetero) is 1. The molecule has 0 fully saturated rings. The van der Waals surface area contributed by atoms with Crippen molar-refractivity contribution in [2.75, 3.05) is 13.7 Å². The van der Waals surface area contributed by atoms with E-state index in [2.05, 4.69) is 4.74 Å². The fourth-order valence-electron chi connectivity index (χ4n) is 3.38. The number of aromatic nitrogens is 1. The number of hydrogen-bond donors (Lipinski definition) is 1. The number of sulfonamides is 1. The second-order valence-corrected chi connectivity index (χ2v) is 8.79. The van der Waals surface area contributed by atoms with E-state index < -0.39 is 34.4 Å². The van der Waals surface area contributed by atoms with Crippen LogP contribution in [0.4, 0.5) is 0 Å². The SMILES string of the molecule is COC(=O)c1ccc(C(=O)OCC(=O)c2cc(C)n(-c3ccc(S(N)(=O)=O)cc3)c2C)cc1. The van der Waals surface area contributed by atoms with Gasteiger partial charge in [0.25, 0.3) is 0 Å². The third-order valence-electron chi connectivity index (χ3n) is 5.03. The summed E-state index contributed by atoms with van der Waals surface area (Å²) in [5.74, 6) is -1.62. The topological polar surface area (TPSA) is 135 Å². The summed E-state index contributed by atoms with van der Waals surface area (Å²) in [6.07, 6.45) is 0. The summed E-state index contributed by atoms with van der Waals surface area (Å²) in [7, 11) is -2.55. The number of ketones is 1. The first kappa shape index (κ1) is 23.9. The molecule has 0 saturated carbocycles. The van der Waals surface area contributed by atoms with Crippen LogP contribution in [0.15, 0.2) is 59.5 Å². The third kappa shape index (κ3) is 5.18. The van der Waals surface area contributed by atoms with Crippen molar-refractivity contribution in [1.82, 2.24) is 4.57 Å². The van der Waals surface area contributed by atoms with Crippen molar-refractivity contribution in [3.63, 3.8) is 0 Å². The Morgan fingerprint density at radius 3 is 1.97 bits per heavy atom. The lowest BCUT2D eigenvalue weighted by atomic mass is 10.1. The third-order valence-corrected chi connectivity index (χ3v) is 5.96. The first-order chi connectivity index (χ1) is 15.5. The highest BCUT2D eigenvalue weighted by Gasteiger charge is 2.19. The molecule has 3 rings (SSSR count). The lowest BCUT2D eigenvalue weighted by Gasteiger charge is -2.11. The summed E-state index contributed by atoms with van der Waals surface area (Å²) < 4.78 is 34.5. The van der Waals surface area contributed by atoms with Crippen molar-refractivity contribution >= 4 is 27.7 Å². The van der Waals surface area contributed by atoms with Gasteiger partial charge in [-0.2, -0.15) is 0 Å². The average Bonchev–Trinajstić information content (AvgIpc) is 3.10. The lowest BCUT2D eigenvalue weighted by Crippen LogP contribution is -2.15. The average molecular weight is 471 g/mol. The smallest absolute Gasteiger partial charge is 0.338 e. The van der Waals surface area contributed by atoms with E-state index in [4.69, 9.17) is 9.88 Å². The zero-order valence-corrected chi connectivity index (χ0v) is 19.0. The molecule has 2 N–H and O–H groups in total. The van der Waals surface area contributed by atoms with Crippen molar-refractivity contribution in [2.45, 2.75) is 18.7 Å². The highest BCUT2D eigenvalue weighted by Crippen LogP contribution is 2.22. The van der Waals surface area contributed by atoms with Gasteiger partial charge in [-0.3, -0.25) is 4.79 Å². The number of primary sulfonamides is 1. The zero-order chi connectivity index (χ0) is 24.3. The molecule has 0 unspecified atom stereocenters. The van der Waals surface area contributed by atoms with E-state index in [0.717, 1.165) is 5.69 Å². The quantitative estimate of drug-likeness (QED) is 0.414. The second-order valence-electron chi connectivity index (χ2n) is 7.23. The zero-order valence-electron chi connectivity index (χ0n) is 18.2. The van der Waals surface area contributed by atoms with E-state index in [1.54, 1.807) is 36.6 Å². The van der Waals surface area contributed by atoms with Gasteiger partial charge < -0.3 is 14.0 Å². The number of rotatable bonds is 7. The maximum atomic E-state index is 12.7. The Kier molecular flexibility index (Phi) is 6.80. The number of carbonyl (C=O) groups is 3. The van der Waals surface area contributed by atoms with Gasteiger partial charge in [0.05, 0.1) is 23.1 Å². The fraction of sp³-hybridized carbons (Fsp3) is 0.174. The van der Waals surface area contributed by atoms with Gasteiger partial charge in [0, 0.05) is 22.6 Å². The summed E-state index contributed by atoms with van der Waals surface area (Å²) in [4.78, 5) is 36.4. The Morgan fingerprint density at radius 1 is 0.909 bits per heavy atom. The molecule has 33 heavy (non-hydrogen) atoms. The fourth-order valence-corrected chi connectivity index (χ4v) is 3.90. The highest BCUT2D eigenvalue weighted by atomic mass is 32.2. The predicted molar refractivity (Wildman–Crippen MR) is 119 cm³/mol. The Hall–Kier alpha value is -3.76. The van der Waals surface area contributed by atoms with Crippen LogP contribution >= 0.6 is 0 Å². The van der Waals surface area contributed by atoms with Crippen LogP contribution in [0.25, 0.3) is 5.69 Å². The van der Waals surface area contributed by atoms with Gasteiger partial charge in [0.2, 0.25) is 15.8 Å². The predicted octanol–water partition coefficient (Wildman–Crippen LogP) is 2.57. The van der Waals surface area contributed by atoms with E-state index in [1.165, 1.54) is 43.5 Å². The van der Waals surface area contributed by atoms with Gasteiger partial charge in [0.1, 0.15) is 0 Å². The molecule has 0 radical (unpaired) electrons. The monoisotopic (exact) mass is 470 g/mol. The molecule has 2 aromatic carbocycles. The molecule has 0 spiro atoms. The standard InChI is InChI=1S/C23H22N2O7S/c1-14-12-20(15(2)25(14)18-8-10-19(11-9-18)33(24,29)30)21(26)13-32-23(28)17-6-4-16(5-7-17)22(27)31-3/h4-12H,13H2,1-3H3,(H2,24,29,30). The summed E-state index contributed by atoms with van der Waals surface area (Å²) in [6.45, 7) is 3.07. The number of methoxy groups -OCH3 is 1. The number of nitrogens with two attached hydrogens (primary N) is 1. The van der Waals surface area contributed by atoms with Gasteiger partial charge in [-0.15, -0.1) is 0 Å². The number of carbonyl (C=O) groups excluding carboxylic acids is 3. The molecular weight excluding hydrogens is 448 g/mol. The molecule has 0 amide bonds. The molecule has 0 atom stereocenters. The molecule has 1 aromatic heterocycles. The second kappa shape index (κ2) is 9.39. The number of benzene rings is 2. The Labute approximate surface area is 190 Å². The molecule has 0 aliphatic rings. The molecule has 10 heteroatoms. The van der Waals surface area contributed by atoms with Crippen molar-refractivity contribution in [1.29, 1.82) is 0 Å². The van der Waals surface area contributed by atoms with Crippen LogP contribution in [0, 0.1) is 13.8 Å². The Morgan fingerprint density at radius 2 is 1.45 bits per heavy atom. The van der Waals surface area contributed by atoms with Crippen LogP contribution in [0.1, 0.15) is 42.5 Å². The van der Waals surface area contributed by atoms with Crippen LogP contribution in [0.3, 0.4) is 0 Å². The minimum atomic E-state index is -3.81. The van der Waals surface area contributed by atoms with E-state index in [9.17, 15) is 22.8 Å². The van der Waals surface area contributed by atoms with Crippen molar-refractivity contribution in [3.8, 4) is 5.69 Å². The molecule has 172 valence electrons. The van der Waals surface area contributed by atoms with Gasteiger partial charge in [-0.05, 0) is 68.4 Å². The van der Waals surface area contributed by atoms with E-state index in [-0.39, 0.29) is 16.0 Å². The van der Waals surface area contributed by atoms with Crippen LogP contribution in [-0.4, -0.2) is 44.4 Å². The normalized spacial score (nSPS) is 11.2. The van der Waals surface area contributed by atoms with Crippen LogP contribution in [0.2, 0.25) is 0 Å². The molecule has 0 saturated heterocycles. The molecule has 0 aliphatic heterocycles. The van der Waals surface area contributed by atoms with E-state index in [0.29, 0.717) is 16.9 Å². The molecule has 0 bridgehead atoms. The summed E-state index contributed by atoms with van der Waals surface area (Å²) >= 11 is 0. The first-order valence-corrected chi connectivity index (χ1v) is 11.3. The first-order valence-electron chi connectivity index (χ1n) is 9.74. The summed E-state index contributed by atoms with van der Waals surface area (Å²) in [5.41, 5.74) is 2.85. The minimum Gasteiger partial charge on any atom is -0.465 e. The maximum absolute atomic E-state index is 12.7. The molecule has 3 aromatic rings. The van der Waals surface area contributed by atoms with Gasteiger partial charge >= 0.3 is 11.9 Å². The number of aryl methyl sites for hydroxylation is 1. The number of nitrogens with zero attached hydrogens (tertiary/aromatic N) is 1. The highest BCUT2D eigenvalue weighted by molar-refractivity contribution is 7.89. The van der Waals surface area contributed by atoms with Gasteiger partial charge in [-0.25, -0.2) is 23.1 Å². The van der Waals surface area contributed by atoms with Crippen molar-refractivity contribution in [2.24, 2.45) is 5.14 Å². The maximum Gasteiger partial charge on any atom is 0.338 e.